The number of hydrogen-bond donors (Lipinski definition) is 1. The standard InChI is InChI=1S/C26H25ClO6/c1-14-11-19(32-13-18-9-7-6-8-10-18)12-20(31-5)21(14)26(30)33-24-16(3)15(2)22(25(28)29)17(4)23(24)27/h6-12H,13H2,1-5H3,(H,28,29). The van der Waals surface area contributed by atoms with Crippen molar-refractivity contribution in [2.45, 2.75) is 34.3 Å². The summed E-state index contributed by atoms with van der Waals surface area (Å²) < 4.78 is 17.0. The van der Waals surface area contributed by atoms with Gasteiger partial charge in [-0.25, -0.2) is 9.59 Å². The van der Waals surface area contributed by atoms with Crippen LogP contribution in [0.4, 0.5) is 0 Å². The normalized spacial score (nSPS) is 10.6. The lowest BCUT2D eigenvalue weighted by atomic mass is 9.97. The third-order valence-electron chi connectivity index (χ3n) is 5.54. The number of carboxylic acid groups (broad SMARTS) is 1. The van der Waals surface area contributed by atoms with Crippen molar-refractivity contribution in [2.75, 3.05) is 7.11 Å². The molecule has 0 bridgehead atoms. The minimum atomic E-state index is -1.09. The van der Waals surface area contributed by atoms with Gasteiger partial charge in [-0.3, -0.25) is 0 Å². The van der Waals surface area contributed by atoms with Crippen molar-refractivity contribution in [3.05, 3.63) is 86.4 Å². The number of aryl methyl sites for hydroxylation is 1. The Labute approximate surface area is 197 Å². The first-order valence-electron chi connectivity index (χ1n) is 10.3. The van der Waals surface area contributed by atoms with Crippen LogP contribution in [0.3, 0.4) is 0 Å². The van der Waals surface area contributed by atoms with E-state index in [0.29, 0.717) is 40.4 Å². The number of rotatable bonds is 7. The molecule has 172 valence electrons. The number of carbonyl (C=O) groups is 2. The van der Waals surface area contributed by atoms with Crippen LogP contribution in [-0.4, -0.2) is 24.2 Å². The smallest absolute Gasteiger partial charge is 0.347 e. The van der Waals surface area contributed by atoms with Crippen molar-refractivity contribution in [3.63, 3.8) is 0 Å². The Morgan fingerprint density at radius 3 is 2.21 bits per heavy atom. The largest absolute Gasteiger partial charge is 0.496 e. The lowest BCUT2D eigenvalue weighted by molar-refractivity contribution is 0.0694. The SMILES string of the molecule is COc1cc(OCc2ccccc2)cc(C)c1C(=O)Oc1c(C)c(C)c(C(=O)O)c(C)c1Cl. The molecule has 0 aliphatic carbocycles. The highest BCUT2D eigenvalue weighted by atomic mass is 35.5. The van der Waals surface area contributed by atoms with E-state index in [0.717, 1.165) is 5.56 Å². The summed E-state index contributed by atoms with van der Waals surface area (Å²) in [5, 5.41) is 9.58. The summed E-state index contributed by atoms with van der Waals surface area (Å²) in [5.41, 5.74) is 3.26. The number of benzene rings is 3. The third kappa shape index (κ3) is 4.96. The predicted octanol–water partition coefficient (Wildman–Crippen LogP) is 6.08. The second-order valence-electron chi connectivity index (χ2n) is 7.68. The van der Waals surface area contributed by atoms with E-state index in [9.17, 15) is 14.7 Å². The first-order chi connectivity index (χ1) is 15.6. The Bertz CT molecular complexity index is 1190. The van der Waals surface area contributed by atoms with Gasteiger partial charge < -0.3 is 19.3 Å². The van der Waals surface area contributed by atoms with Crippen molar-refractivity contribution in [1.29, 1.82) is 0 Å². The first kappa shape index (κ1) is 24.1. The molecule has 0 aliphatic heterocycles. The zero-order valence-electron chi connectivity index (χ0n) is 19.1. The minimum absolute atomic E-state index is 0.0864. The van der Waals surface area contributed by atoms with E-state index in [1.807, 2.05) is 30.3 Å². The second-order valence-corrected chi connectivity index (χ2v) is 8.06. The monoisotopic (exact) mass is 468 g/mol. The van der Waals surface area contributed by atoms with Gasteiger partial charge >= 0.3 is 11.9 Å². The maximum atomic E-state index is 13.1. The molecule has 3 rings (SSSR count). The van der Waals surface area contributed by atoms with Gasteiger partial charge in [-0.2, -0.15) is 0 Å². The molecule has 0 aliphatic rings. The van der Waals surface area contributed by atoms with Gasteiger partial charge in [-0.15, -0.1) is 0 Å². The molecule has 7 heteroatoms. The van der Waals surface area contributed by atoms with Gasteiger partial charge in [0.2, 0.25) is 0 Å². The Balaban J connectivity index is 1.92. The van der Waals surface area contributed by atoms with Gasteiger partial charge in [0.15, 0.2) is 5.75 Å². The van der Waals surface area contributed by atoms with Crippen LogP contribution in [0.5, 0.6) is 17.2 Å². The molecule has 0 heterocycles. The van der Waals surface area contributed by atoms with E-state index in [4.69, 9.17) is 25.8 Å². The van der Waals surface area contributed by atoms with Crippen molar-refractivity contribution in [1.82, 2.24) is 0 Å². The van der Waals surface area contributed by atoms with E-state index in [1.165, 1.54) is 7.11 Å². The molecule has 0 amide bonds. The third-order valence-corrected chi connectivity index (χ3v) is 5.99. The van der Waals surface area contributed by atoms with Crippen LogP contribution in [0.2, 0.25) is 5.02 Å². The summed E-state index contributed by atoms with van der Waals surface area (Å²) in [6.45, 7) is 7.04. The molecule has 3 aromatic rings. The summed E-state index contributed by atoms with van der Waals surface area (Å²) in [7, 11) is 1.46. The van der Waals surface area contributed by atoms with Crippen LogP contribution in [-0.2, 0) is 6.61 Å². The fourth-order valence-corrected chi connectivity index (χ4v) is 3.91. The molecule has 1 N–H and O–H groups in total. The molecule has 3 aromatic carbocycles. The van der Waals surface area contributed by atoms with Gasteiger partial charge in [0.1, 0.15) is 23.7 Å². The molecule has 0 saturated heterocycles. The average molecular weight is 469 g/mol. The topological polar surface area (TPSA) is 82.1 Å². The molecule has 0 atom stereocenters. The summed E-state index contributed by atoms with van der Waals surface area (Å²) in [6, 6.07) is 13.1. The fourth-order valence-electron chi connectivity index (χ4n) is 3.64. The second kappa shape index (κ2) is 9.96. The molecule has 0 aromatic heterocycles. The minimum Gasteiger partial charge on any atom is -0.496 e. The Morgan fingerprint density at radius 1 is 0.939 bits per heavy atom. The van der Waals surface area contributed by atoms with E-state index in [-0.39, 0.29) is 21.9 Å². The number of ether oxygens (including phenoxy) is 3. The van der Waals surface area contributed by atoms with E-state index in [2.05, 4.69) is 0 Å². The van der Waals surface area contributed by atoms with Crippen molar-refractivity contribution in [2.24, 2.45) is 0 Å². The van der Waals surface area contributed by atoms with Gasteiger partial charge in [0.25, 0.3) is 0 Å². The van der Waals surface area contributed by atoms with Gasteiger partial charge in [0.05, 0.1) is 17.7 Å². The zero-order valence-corrected chi connectivity index (χ0v) is 19.9. The number of esters is 1. The summed E-state index contributed by atoms with van der Waals surface area (Å²) in [6.07, 6.45) is 0. The molecule has 6 nitrogen and oxygen atoms in total. The number of aromatic carboxylic acids is 1. The summed E-state index contributed by atoms with van der Waals surface area (Å²) in [5.74, 6) is -0.765. The Morgan fingerprint density at radius 2 is 1.61 bits per heavy atom. The number of hydrogen-bond acceptors (Lipinski definition) is 5. The number of halogens is 1. The lowest BCUT2D eigenvalue weighted by Crippen LogP contribution is -2.15. The van der Waals surface area contributed by atoms with E-state index in [1.54, 1.807) is 39.8 Å². The van der Waals surface area contributed by atoms with Gasteiger partial charge in [0, 0.05) is 6.07 Å². The number of carbonyl (C=O) groups excluding carboxylic acids is 1. The maximum absolute atomic E-state index is 13.1. The highest BCUT2D eigenvalue weighted by Gasteiger charge is 2.25. The fraction of sp³-hybridized carbons (Fsp3) is 0.231. The van der Waals surface area contributed by atoms with Crippen molar-refractivity contribution >= 4 is 23.5 Å². The molecular weight excluding hydrogens is 444 g/mol. The average Bonchev–Trinajstić information content (AvgIpc) is 2.79. The molecule has 0 spiro atoms. The van der Waals surface area contributed by atoms with E-state index >= 15 is 0 Å². The summed E-state index contributed by atoms with van der Waals surface area (Å²) in [4.78, 5) is 24.7. The van der Waals surface area contributed by atoms with Crippen LogP contribution in [0.25, 0.3) is 0 Å². The van der Waals surface area contributed by atoms with Crippen LogP contribution < -0.4 is 14.2 Å². The lowest BCUT2D eigenvalue weighted by Gasteiger charge is -2.18. The number of methoxy groups -OCH3 is 1. The first-order valence-corrected chi connectivity index (χ1v) is 10.6. The highest BCUT2D eigenvalue weighted by Crippen LogP contribution is 2.38. The molecular formula is C26H25ClO6. The molecule has 33 heavy (non-hydrogen) atoms. The summed E-state index contributed by atoms with van der Waals surface area (Å²) >= 11 is 6.40. The molecule has 0 unspecified atom stereocenters. The van der Waals surface area contributed by atoms with Crippen LogP contribution in [0.1, 0.15) is 48.5 Å². The maximum Gasteiger partial charge on any atom is 0.347 e. The molecule has 0 saturated carbocycles. The molecule has 0 fully saturated rings. The molecule has 0 radical (unpaired) electrons. The van der Waals surface area contributed by atoms with Gasteiger partial charge in [-0.05, 0) is 61.6 Å². The van der Waals surface area contributed by atoms with Crippen LogP contribution in [0, 0.1) is 27.7 Å². The number of carboxylic acids is 1. The Hall–Kier alpha value is -3.51. The van der Waals surface area contributed by atoms with Crippen molar-refractivity contribution < 1.29 is 28.9 Å². The highest BCUT2D eigenvalue weighted by molar-refractivity contribution is 6.33. The predicted molar refractivity (Wildman–Crippen MR) is 126 cm³/mol. The van der Waals surface area contributed by atoms with Gasteiger partial charge in [-0.1, -0.05) is 41.9 Å². The van der Waals surface area contributed by atoms with Crippen LogP contribution >= 0.6 is 11.6 Å². The quantitative estimate of drug-likeness (QED) is 0.334. The zero-order chi connectivity index (χ0) is 24.3. The Kier molecular flexibility index (Phi) is 7.29. The van der Waals surface area contributed by atoms with Crippen LogP contribution in [0.15, 0.2) is 42.5 Å². The van der Waals surface area contributed by atoms with Crippen molar-refractivity contribution in [3.8, 4) is 17.2 Å². The van der Waals surface area contributed by atoms with E-state index < -0.39 is 11.9 Å².